The van der Waals surface area contributed by atoms with Gasteiger partial charge in [-0.15, -0.1) is 0 Å². The van der Waals surface area contributed by atoms with Crippen LogP contribution in [0.4, 0.5) is 0 Å². The number of carbonyl (C=O) groups excluding carboxylic acids is 5. The van der Waals surface area contributed by atoms with E-state index in [4.69, 9.17) is 26.7 Å². The van der Waals surface area contributed by atoms with Gasteiger partial charge in [0.2, 0.25) is 29.5 Å². The summed E-state index contributed by atoms with van der Waals surface area (Å²) in [7, 11) is 1.67. The molecule has 3 aliphatic rings. The Balaban J connectivity index is 1.68. The number of carbonyl (C=O) groups is 5. The van der Waals surface area contributed by atoms with E-state index in [-0.39, 0.29) is 42.8 Å². The molecule has 0 aromatic carbocycles. The Hall–Kier alpha value is -2.85. The number of hydrogen-bond donors (Lipinski definition) is 7. The lowest BCUT2D eigenvalue weighted by Gasteiger charge is -2.36. The lowest BCUT2D eigenvalue weighted by molar-refractivity contribution is -0.147. The molecule has 3 aliphatic carbocycles. The van der Waals surface area contributed by atoms with Gasteiger partial charge in [0.1, 0.15) is 18.1 Å². The molecule has 3 saturated carbocycles. The van der Waals surface area contributed by atoms with Crippen LogP contribution in [-0.2, 0) is 33.4 Å². The fraction of sp³-hybridized carbons (Fsp3) is 0.886. The summed E-state index contributed by atoms with van der Waals surface area (Å²) in [5, 5.41) is 12.1. The Morgan fingerprint density at radius 1 is 0.797 bits per heavy atom. The fourth-order valence-corrected chi connectivity index (χ4v) is 9.47. The molecule has 0 radical (unpaired) electrons. The van der Waals surface area contributed by atoms with Crippen molar-refractivity contribution in [1.82, 2.24) is 26.2 Å². The smallest absolute Gasteiger partial charge is 0.243 e. The van der Waals surface area contributed by atoms with Gasteiger partial charge in [0.15, 0.2) is 0 Å². The molecule has 3 rings (SSSR count). The number of nitrogens with two attached hydrogens (primary N) is 3. The van der Waals surface area contributed by atoms with Crippen molar-refractivity contribution in [2.45, 2.75) is 161 Å². The van der Waals surface area contributed by atoms with Crippen molar-refractivity contribution in [1.29, 1.82) is 0 Å². The standard InChI is InChI=1S/C44H82N8O7/c1-6-13-37(42(55)51-39(35-14-9-7-8-10-15-35)43(56)50-36(26-46)40(47)53)52(5)44(57)31(4)38(25-34-23-32-16-17-33(22-32)24-34)59-28-30(3)49-41(54)29(2)27-58-21-12-20-48-19-11-18-45/h29-39,48H,6-28,45-46H2,1-5H3,(H2,47,53)(H,49,54)(H,50,56)(H,51,55)/t29-,30+,31+,32-,33+,34?,36-,37-,38+,39-/m0/s1. The van der Waals surface area contributed by atoms with Crippen LogP contribution in [0.15, 0.2) is 0 Å². The first kappa shape index (κ1) is 50.5. The highest BCUT2D eigenvalue weighted by Crippen LogP contribution is 2.46. The molecule has 0 aliphatic heterocycles. The van der Waals surface area contributed by atoms with E-state index in [1.807, 2.05) is 27.7 Å². The first-order valence-electron chi connectivity index (χ1n) is 23.1. The first-order valence-corrected chi connectivity index (χ1v) is 23.1. The summed E-state index contributed by atoms with van der Waals surface area (Å²) in [4.78, 5) is 69.0. The number of nitrogens with zero attached hydrogens (tertiary/aromatic N) is 1. The predicted octanol–water partition coefficient (Wildman–Crippen LogP) is 2.72. The number of nitrogens with one attached hydrogen (secondary N) is 4. The summed E-state index contributed by atoms with van der Waals surface area (Å²) < 4.78 is 12.4. The van der Waals surface area contributed by atoms with Gasteiger partial charge >= 0.3 is 0 Å². The number of hydrogen-bond acceptors (Lipinski definition) is 10. The van der Waals surface area contributed by atoms with Crippen LogP contribution in [0.3, 0.4) is 0 Å². The molecule has 0 spiro atoms. The molecule has 15 nitrogen and oxygen atoms in total. The Kier molecular flexibility index (Phi) is 23.3. The van der Waals surface area contributed by atoms with Gasteiger partial charge in [0.25, 0.3) is 0 Å². The monoisotopic (exact) mass is 835 g/mol. The van der Waals surface area contributed by atoms with Crippen molar-refractivity contribution < 1.29 is 33.4 Å². The van der Waals surface area contributed by atoms with Crippen LogP contribution in [0.1, 0.15) is 130 Å². The number of ether oxygens (including phenoxy) is 2. The van der Waals surface area contributed by atoms with E-state index in [9.17, 15) is 24.0 Å². The highest BCUT2D eigenvalue weighted by Gasteiger charge is 2.40. The Morgan fingerprint density at radius 2 is 1.46 bits per heavy atom. The zero-order valence-electron chi connectivity index (χ0n) is 37.2. The molecule has 10 atom stereocenters. The van der Waals surface area contributed by atoms with Crippen molar-refractivity contribution >= 4 is 29.5 Å². The van der Waals surface area contributed by atoms with Crippen molar-refractivity contribution in [3.05, 3.63) is 0 Å². The van der Waals surface area contributed by atoms with Crippen LogP contribution < -0.4 is 38.5 Å². The van der Waals surface area contributed by atoms with Crippen molar-refractivity contribution in [3.8, 4) is 0 Å². The van der Waals surface area contributed by atoms with Gasteiger partial charge < -0.3 is 52.8 Å². The third-order valence-corrected chi connectivity index (χ3v) is 13.0. The van der Waals surface area contributed by atoms with E-state index in [0.717, 1.165) is 95.6 Å². The second kappa shape index (κ2) is 27.2. The van der Waals surface area contributed by atoms with Gasteiger partial charge in [-0.05, 0) is 108 Å². The van der Waals surface area contributed by atoms with Crippen LogP contribution >= 0.6 is 0 Å². The maximum Gasteiger partial charge on any atom is 0.243 e. The molecule has 0 heterocycles. The van der Waals surface area contributed by atoms with E-state index in [0.29, 0.717) is 38.5 Å². The third-order valence-electron chi connectivity index (χ3n) is 13.0. The quantitative estimate of drug-likeness (QED) is 0.0450. The molecule has 0 aromatic heterocycles. The second-order valence-corrected chi connectivity index (χ2v) is 18.1. The zero-order chi connectivity index (χ0) is 43.3. The van der Waals surface area contributed by atoms with Crippen LogP contribution in [0.5, 0.6) is 0 Å². The lowest BCUT2D eigenvalue weighted by Crippen LogP contribution is -2.60. The maximum atomic E-state index is 14.5. The second-order valence-electron chi connectivity index (χ2n) is 18.1. The fourth-order valence-electron chi connectivity index (χ4n) is 9.47. The summed E-state index contributed by atoms with van der Waals surface area (Å²) >= 11 is 0. The summed E-state index contributed by atoms with van der Waals surface area (Å²) in [6, 6.07) is -3.06. The summed E-state index contributed by atoms with van der Waals surface area (Å²) in [6.07, 6.45) is 14.7. The molecular formula is C44H82N8O7. The average molecular weight is 835 g/mol. The number of likely N-dealkylation sites (N-methyl/N-ethyl adjacent to an activating group) is 1. The van der Waals surface area contributed by atoms with Gasteiger partial charge in [-0.1, -0.05) is 65.7 Å². The molecule has 0 saturated heterocycles. The lowest BCUT2D eigenvalue weighted by atomic mass is 9.77. The zero-order valence-corrected chi connectivity index (χ0v) is 37.2. The average Bonchev–Trinajstić information content (AvgIpc) is 3.37. The molecular weight excluding hydrogens is 753 g/mol. The maximum absolute atomic E-state index is 14.5. The molecule has 5 amide bonds. The Labute approximate surface area is 354 Å². The van der Waals surface area contributed by atoms with E-state index < -0.39 is 47.9 Å². The molecule has 1 unspecified atom stereocenters. The minimum atomic E-state index is -1.05. The van der Waals surface area contributed by atoms with Gasteiger partial charge in [0.05, 0.1) is 31.2 Å². The van der Waals surface area contributed by atoms with Crippen LogP contribution in [0, 0.1) is 35.5 Å². The minimum absolute atomic E-state index is 0.108. The molecule has 0 aromatic rings. The van der Waals surface area contributed by atoms with Crippen LogP contribution in [-0.4, -0.2) is 118 Å². The predicted molar refractivity (Wildman–Crippen MR) is 231 cm³/mol. The molecule has 10 N–H and O–H groups in total. The highest BCUT2D eigenvalue weighted by atomic mass is 16.5. The van der Waals surface area contributed by atoms with Crippen molar-refractivity contribution in [2.75, 3.05) is 53.0 Å². The number of rotatable bonds is 28. The molecule has 340 valence electrons. The van der Waals surface area contributed by atoms with E-state index in [1.165, 1.54) is 24.2 Å². The normalized spacial score (nSPS) is 23.1. The Bertz CT molecular complexity index is 1270. The molecule has 3 fully saturated rings. The van der Waals surface area contributed by atoms with E-state index in [1.54, 1.807) is 7.05 Å². The minimum Gasteiger partial charge on any atom is -0.381 e. The van der Waals surface area contributed by atoms with Crippen LogP contribution in [0.25, 0.3) is 0 Å². The van der Waals surface area contributed by atoms with Gasteiger partial charge in [0, 0.05) is 26.2 Å². The van der Waals surface area contributed by atoms with Gasteiger partial charge in [-0.2, -0.15) is 0 Å². The largest absolute Gasteiger partial charge is 0.381 e. The number of amides is 5. The SMILES string of the molecule is CCC[C@@H](C(=O)N[C@H](C(=O)N[C@@H](CN)C(N)=O)C1CCCCCC1)N(C)C(=O)[C@H](C)[C@@H](CC1C[C@H]2CC[C@@H](C1)C2)OC[C@@H](C)NC(=O)[C@@H](C)COCCCNCCCN. The number of fused-ring (bicyclic) bond motifs is 2. The molecule has 2 bridgehead atoms. The van der Waals surface area contributed by atoms with E-state index in [2.05, 4.69) is 21.3 Å². The molecule has 59 heavy (non-hydrogen) atoms. The highest BCUT2D eigenvalue weighted by molar-refractivity contribution is 5.94. The summed E-state index contributed by atoms with van der Waals surface area (Å²) in [5.74, 6) is -1.07. The van der Waals surface area contributed by atoms with Gasteiger partial charge in [-0.25, -0.2) is 0 Å². The van der Waals surface area contributed by atoms with Crippen LogP contribution in [0.2, 0.25) is 0 Å². The summed E-state index contributed by atoms with van der Waals surface area (Å²) in [5.41, 5.74) is 16.8. The van der Waals surface area contributed by atoms with E-state index >= 15 is 0 Å². The topological polar surface area (TPSA) is 233 Å². The third kappa shape index (κ3) is 17.2. The van der Waals surface area contributed by atoms with Crippen molar-refractivity contribution in [3.63, 3.8) is 0 Å². The first-order chi connectivity index (χ1) is 28.3. The Morgan fingerprint density at radius 3 is 2.07 bits per heavy atom. The number of primary amides is 1. The van der Waals surface area contributed by atoms with Gasteiger partial charge in [-0.3, -0.25) is 24.0 Å². The van der Waals surface area contributed by atoms with Crippen molar-refractivity contribution in [2.24, 2.45) is 52.7 Å². The summed E-state index contributed by atoms with van der Waals surface area (Å²) in [6.45, 7) is 11.0. The molecule has 15 heteroatoms.